The maximum absolute atomic E-state index is 11.6. The van der Waals surface area contributed by atoms with Crippen LogP contribution in [0.2, 0.25) is 0 Å². The zero-order valence-electron chi connectivity index (χ0n) is 13.1. The van der Waals surface area contributed by atoms with Gasteiger partial charge in [-0.15, -0.1) is 0 Å². The molecule has 0 saturated carbocycles. The van der Waals surface area contributed by atoms with Crippen molar-refractivity contribution in [1.29, 1.82) is 0 Å². The molecule has 128 valence electrons. The Morgan fingerprint density at radius 1 is 1.35 bits per heavy atom. The number of carbonyl (C=O) groups is 1. The van der Waals surface area contributed by atoms with E-state index in [1.54, 1.807) is 6.20 Å². The Bertz CT molecular complexity index is 612. The normalized spacial score (nSPS) is 15.4. The molecule has 0 spiro atoms. The highest BCUT2D eigenvalue weighted by molar-refractivity contribution is 7.88. The van der Waals surface area contributed by atoms with Crippen molar-refractivity contribution in [2.45, 2.75) is 13.0 Å². The first-order valence-corrected chi connectivity index (χ1v) is 9.32. The third-order valence-corrected chi connectivity index (χ3v) is 4.08. The number of ether oxygens (including phenoxy) is 1. The molecule has 0 atom stereocenters. The van der Waals surface area contributed by atoms with E-state index in [0.29, 0.717) is 19.8 Å². The summed E-state index contributed by atoms with van der Waals surface area (Å²) in [6.45, 7) is 3.54. The van der Waals surface area contributed by atoms with Gasteiger partial charge in [0.2, 0.25) is 15.9 Å². The third-order valence-electron chi connectivity index (χ3n) is 3.35. The first-order valence-electron chi connectivity index (χ1n) is 7.43. The number of nitrogens with one attached hydrogen (secondary N) is 2. The van der Waals surface area contributed by atoms with Crippen LogP contribution in [0, 0.1) is 0 Å². The second-order valence-corrected chi connectivity index (χ2v) is 7.15. The van der Waals surface area contributed by atoms with Crippen molar-refractivity contribution < 1.29 is 17.9 Å². The molecular formula is C14H22N4O4S. The Balaban J connectivity index is 1.74. The second kappa shape index (κ2) is 8.23. The lowest BCUT2D eigenvalue weighted by molar-refractivity contribution is -0.121. The van der Waals surface area contributed by atoms with Crippen molar-refractivity contribution in [3.63, 3.8) is 0 Å². The molecule has 9 heteroatoms. The predicted molar refractivity (Wildman–Crippen MR) is 86.6 cm³/mol. The van der Waals surface area contributed by atoms with Crippen LogP contribution in [-0.2, 0) is 26.1 Å². The van der Waals surface area contributed by atoms with E-state index >= 15 is 0 Å². The van der Waals surface area contributed by atoms with Crippen LogP contribution in [0.3, 0.4) is 0 Å². The monoisotopic (exact) mass is 342 g/mol. The van der Waals surface area contributed by atoms with Crippen LogP contribution in [0.1, 0.15) is 12.0 Å². The van der Waals surface area contributed by atoms with E-state index in [4.69, 9.17) is 4.74 Å². The van der Waals surface area contributed by atoms with E-state index < -0.39 is 10.0 Å². The molecule has 1 saturated heterocycles. The third kappa shape index (κ3) is 6.51. The first-order chi connectivity index (χ1) is 10.9. The largest absolute Gasteiger partial charge is 0.378 e. The number of aromatic nitrogens is 1. The molecule has 1 fully saturated rings. The number of hydrogen-bond acceptors (Lipinski definition) is 6. The van der Waals surface area contributed by atoms with Crippen molar-refractivity contribution in [3.8, 4) is 0 Å². The fraction of sp³-hybridized carbons (Fsp3) is 0.571. The van der Waals surface area contributed by atoms with Gasteiger partial charge in [0.1, 0.15) is 5.82 Å². The summed E-state index contributed by atoms with van der Waals surface area (Å²) in [5, 5.41) is 2.74. The number of carbonyl (C=O) groups excluding carboxylic acids is 1. The molecule has 2 N–H and O–H groups in total. The van der Waals surface area contributed by atoms with Gasteiger partial charge in [0.05, 0.1) is 19.5 Å². The summed E-state index contributed by atoms with van der Waals surface area (Å²) in [5.41, 5.74) is 0.895. The van der Waals surface area contributed by atoms with Crippen LogP contribution in [0.15, 0.2) is 18.3 Å². The number of amides is 1. The average Bonchev–Trinajstić information content (AvgIpc) is 2.53. The number of hydrogen-bond donors (Lipinski definition) is 2. The highest BCUT2D eigenvalue weighted by Gasteiger charge is 2.12. The number of morpholine rings is 1. The van der Waals surface area contributed by atoms with Gasteiger partial charge in [-0.2, -0.15) is 0 Å². The Morgan fingerprint density at radius 3 is 2.70 bits per heavy atom. The van der Waals surface area contributed by atoms with E-state index in [1.165, 1.54) is 0 Å². The van der Waals surface area contributed by atoms with Gasteiger partial charge in [-0.05, 0) is 11.6 Å². The zero-order valence-corrected chi connectivity index (χ0v) is 13.9. The molecule has 0 unspecified atom stereocenters. The molecule has 2 rings (SSSR count). The van der Waals surface area contributed by atoms with Crippen LogP contribution < -0.4 is 14.9 Å². The number of pyridine rings is 1. The van der Waals surface area contributed by atoms with E-state index in [0.717, 1.165) is 30.7 Å². The number of nitrogens with zero attached hydrogens (tertiary/aromatic N) is 2. The zero-order chi connectivity index (χ0) is 16.7. The Morgan fingerprint density at radius 2 is 2.09 bits per heavy atom. The molecule has 1 aromatic heterocycles. The fourth-order valence-electron chi connectivity index (χ4n) is 2.14. The molecule has 2 heterocycles. The van der Waals surface area contributed by atoms with E-state index in [9.17, 15) is 13.2 Å². The minimum absolute atomic E-state index is 0.0961. The summed E-state index contributed by atoms with van der Waals surface area (Å²) in [4.78, 5) is 18.2. The van der Waals surface area contributed by atoms with Gasteiger partial charge in [-0.1, -0.05) is 6.07 Å². The number of anilines is 1. The quantitative estimate of drug-likeness (QED) is 0.691. The molecule has 0 aromatic carbocycles. The van der Waals surface area contributed by atoms with Gasteiger partial charge in [0.15, 0.2) is 0 Å². The average molecular weight is 342 g/mol. The van der Waals surface area contributed by atoms with Crippen molar-refractivity contribution in [1.82, 2.24) is 15.0 Å². The minimum Gasteiger partial charge on any atom is -0.378 e. The van der Waals surface area contributed by atoms with Crippen molar-refractivity contribution in [2.24, 2.45) is 0 Å². The van der Waals surface area contributed by atoms with Gasteiger partial charge in [-0.25, -0.2) is 18.1 Å². The maximum atomic E-state index is 11.6. The summed E-state index contributed by atoms with van der Waals surface area (Å²) in [6, 6.07) is 3.85. The molecule has 0 bridgehead atoms. The first kappa shape index (κ1) is 17.6. The standard InChI is InChI=1S/C14H22N4O4S/c1-23(20,21)17-5-4-14(19)16-11-12-2-3-13(15-10-12)18-6-8-22-9-7-18/h2-3,10,17H,4-9,11H2,1H3,(H,16,19). The summed E-state index contributed by atoms with van der Waals surface area (Å²) in [6.07, 6.45) is 2.90. The van der Waals surface area contributed by atoms with E-state index in [1.807, 2.05) is 12.1 Å². The van der Waals surface area contributed by atoms with Gasteiger partial charge < -0.3 is 15.0 Å². The van der Waals surface area contributed by atoms with Gasteiger partial charge in [0.25, 0.3) is 0 Å². The molecule has 0 aliphatic carbocycles. The van der Waals surface area contributed by atoms with Gasteiger partial charge >= 0.3 is 0 Å². The smallest absolute Gasteiger partial charge is 0.221 e. The number of sulfonamides is 1. The van der Waals surface area contributed by atoms with Crippen molar-refractivity contribution in [2.75, 3.05) is 44.0 Å². The number of rotatable bonds is 7. The summed E-state index contributed by atoms with van der Waals surface area (Å²) in [7, 11) is -3.26. The summed E-state index contributed by atoms with van der Waals surface area (Å²) >= 11 is 0. The topological polar surface area (TPSA) is 101 Å². The Hall–Kier alpha value is -1.71. The molecule has 1 amide bonds. The maximum Gasteiger partial charge on any atom is 0.221 e. The van der Waals surface area contributed by atoms with Crippen LogP contribution in [-0.4, -0.2) is 58.4 Å². The molecule has 0 radical (unpaired) electrons. The molecule has 1 aliphatic heterocycles. The van der Waals surface area contributed by atoms with Crippen molar-refractivity contribution in [3.05, 3.63) is 23.9 Å². The highest BCUT2D eigenvalue weighted by atomic mass is 32.2. The summed E-state index contributed by atoms with van der Waals surface area (Å²) in [5.74, 6) is 0.694. The van der Waals surface area contributed by atoms with E-state index in [2.05, 4.69) is 19.9 Å². The molecule has 1 aliphatic rings. The minimum atomic E-state index is -3.26. The lowest BCUT2D eigenvalue weighted by Crippen LogP contribution is -2.36. The second-order valence-electron chi connectivity index (χ2n) is 5.32. The van der Waals surface area contributed by atoms with E-state index in [-0.39, 0.29) is 18.9 Å². The van der Waals surface area contributed by atoms with Crippen LogP contribution in [0.25, 0.3) is 0 Å². The SMILES string of the molecule is CS(=O)(=O)NCCC(=O)NCc1ccc(N2CCOCC2)nc1. The van der Waals surface area contributed by atoms with Crippen LogP contribution in [0.5, 0.6) is 0 Å². The Labute approximate surface area is 136 Å². The molecular weight excluding hydrogens is 320 g/mol. The van der Waals surface area contributed by atoms with Gasteiger partial charge in [0, 0.05) is 38.8 Å². The van der Waals surface area contributed by atoms with Crippen molar-refractivity contribution >= 4 is 21.7 Å². The highest BCUT2D eigenvalue weighted by Crippen LogP contribution is 2.12. The molecule has 23 heavy (non-hydrogen) atoms. The Kier molecular flexibility index (Phi) is 6.31. The lowest BCUT2D eigenvalue weighted by Gasteiger charge is -2.27. The molecule has 1 aromatic rings. The van der Waals surface area contributed by atoms with Gasteiger partial charge in [-0.3, -0.25) is 4.79 Å². The summed E-state index contributed by atoms with van der Waals surface area (Å²) < 4.78 is 29.4. The van der Waals surface area contributed by atoms with Crippen LogP contribution in [0.4, 0.5) is 5.82 Å². The predicted octanol–water partition coefficient (Wildman–Crippen LogP) is -0.526. The lowest BCUT2D eigenvalue weighted by atomic mass is 10.2. The van der Waals surface area contributed by atoms with Crippen LogP contribution >= 0.6 is 0 Å². The molecule has 8 nitrogen and oxygen atoms in total. The fourth-order valence-corrected chi connectivity index (χ4v) is 2.61.